The molecule has 11 rings (SSSR count). The Balaban J connectivity index is 0.915. The summed E-state index contributed by atoms with van der Waals surface area (Å²) in [5.41, 5.74) is 14.2. The van der Waals surface area contributed by atoms with Crippen molar-refractivity contribution in [2.45, 2.75) is 0 Å². The molecular formula is C54H36N2S. The highest BCUT2D eigenvalue weighted by Crippen LogP contribution is 2.42. The highest BCUT2D eigenvalue weighted by atomic mass is 32.1. The smallest absolute Gasteiger partial charge is 0.0541 e. The first-order valence-corrected chi connectivity index (χ1v) is 20.2. The number of nitrogens with zero attached hydrogens (tertiary/aromatic N) is 2. The number of thiophene rings is 1. The molecular weight excluding hydrogens is 709 g/mol. The number of fused-ring (bicyclic) bond motifs is 6. The number of aromatic nitrogens is 1. The molecule has 0 N–H and O–H groups in total. The third-order valence-corrected chi connectivity index (χ3v) is 12.4. The number of hydrogen-bond acceptors (Lipinski definition) is 2. The van der Waals surface area contributed by atoms with Gasteiger partial charge in [-0.3, -0.25) is 0 Å². The Bertz CT molecular complexity index is 3160. The average Bonchev–Trinajstić information content (AvgIpc) is 3.83. The van der Waals surface area contributed by atoms with Gasteiger partial charge in [-0.15, -0.1) is 11.3 Å². The molecule has 0 aliphatic carbocycles. The van der Waals surface area contributed by atoms with Crippen LogP contribution in [-0.2, 0) is 0 Å². The molecule has 0 radical (unpaired) electrons. The molecule has 0 atom stereocenters. The van der Waals surface area contributed by atoms with Gasteiger partial charge < -0.3 is 9.47 Å². The van der Waals surface area contributed by atoms with Crippen LogP contribution in [0.15, 0.2) is 218 Å². The van der Waals surface area contributed by atoms with Crippen molar-refractivity contribution >= 4 is 70.4 Å². The van der Waals surface area contributed by atoms with Gasteiger partial charge in [-0.2, -0.15) is 0 Å². The minimum atomic E-state index is 1.11. The zero-order valence-corrected chi connectivity index (χ0v) is 31.9. The maximum Gasteiger partial charge on any atom is 0.0541 e. The van der Waals surface area contributed by atoms with E-state index in [1.54, 1.807) is 0 Å². The van der Waals surface area contributed by atoms with Crippen molar-refractivity contribution in [1.29, 1.82) is 0 Å². The molecule has 0 bridgehead atoms. The molecule has 0 fully saturated rings. The lowest BCUT2D eigenvalue weighted by atomic mass is 9.99. The molecule has 0 amide bonds. The lowest BCUT2D eigenvalue weighted by Gasteiger charge is -2.26. The van der Waals surface area contributed by atoms with E-state index in [4.69, 9.17) is 0 Å². The normalized spacial score (nSPS) is 11.5. The fourth-order valence-corrected chi connectivity index (χ4v) is 9.50. The quantitative estimate of drug-likeness (QED) is 0.158. The minimum absolute atomic E-state index is 1.11. The predicted molar refractivity (Wildman–Crippen MR) is 245 cm³/mol. The van der Waals surface area contributed by atoms with Crippen LogP contribution < -0.4 is 4.90 Å². The predicted octanol–water partition coefficient (Wildman–Crippen LogP) is 15.6. The van der Waals surface area contributed by atoms with Crippen LogP contribution in [0.4, 0.5) is 17.1 Å². The van der Waals surface area contributed by atoms with Crippen LogP contribution in [0, 0.1) is 0 Å². The van der Waals surface area contributed by atoms with Crippen molar-refractivity contribution in [1.82, 2.24) is 4.57 Å². The van der Waals surface area contributed by atoms with Gasteiger partial charge in [-0.25, -0.2) is 0 Å². The van der Waals surface area contributed by atoms with Crippen LogP contribution in [0.2, 0.25) is 0 Å². The number of benzene rings is 9. The summed E-state index contributed by atoms with van der Waals surface area (Å²) in [7, 11) is 0. The molecule has 0 aliphatic heterocycles. The highest BCUT2D eigenvalue weighted by Gasteiger charge is 2.17. The molecule has 3 heteroatoms. The third kappa shape index (κ3) is 5.88. The van der Waals surface area contributed by atoms with Gasteiger partial charge in [0.25, 0.3) is 0 Å². The average molecular weight is 745 g/mol. The Hall–Kier alpha value is -7.20. The van der Waals surface area contributed by atoms with Gasteiger partial charge in [-0.05, 0) is 106 Å². The first-order valence-electron chi connectivity index (χ1n) is 19.4. The molecule has 0 spiro atoms. The molecule has 0 saturated carbocycles. The standard InChI is InChI=1S/C54H36N2S/c1-2-11-37(12-3-1)42-13-10-14-45(35-42)55(46-33-34-54-50(36-46)49-17-6-9-20-53(49)57-54)43-29-25-40(26-30-43)38-21-23-39(24-22-38)41-27-31-44(32-28-41)56-51-18-7-4-15-47(51)48-16-5-8-19-52(48)56/h1-36H. The van der Waals surface area contributed by atoms with Crippen LogP contribution in [0.3, 0.4) is 0 Å². The summed E-state index contributed by atoms with van der Waals surface area (Å²) >= 11 is 1.85. The third-order valence-electron chi connectivity index (χ3n) is 11.2. The summed E-state index contributed by atoms with van der Waals surface area (Å²) in [5, 5.41) is 5.14. The van der Waals surface area contributed by atoms with Crippen molar-refractivity contribution < 1.29 is 0 Å². The fraction of sp³-hybridized carbons (Fsp3) is 0. The fourth-order valence-electron chi connectivity index (χ4n) is 8.42. The van der Waals surface area contributed by atoms with E-state index in [1.807, 2.05) is 11.3 Å². The van der Waals surface area contributed by atoms with E-state index in [9.17, 15) is 0 Å². The summed E-state index contributed by atoms with van der Waals surface area (Å²) in [6, 6.07) is 79.3. The van der Waals surface area contributed by atoms with E-state index in [0.29, 0.717) is 0 Å². The van der Waals surface area contributed by atoms with Gasteiger partial charge in [0, 0.05) is 53.7 Å². The van der Waals surface area contributed by atoms with E-state index in [1.165, 1.54) is 75.4 Å². The lowest BCUT2D eigenvalue weighted by Crippen LogP contribution is -2.10. The minimum Gasteiger partial charge on any atom is -0.310 e. The number of para-hydroxylation sites is 2. The summed E-state index contributed by atoms with van der Waals surface area (Å²) in [4.78, 5) is 2.38. The Morgan fingerprint density at radius 2 is 0.772 bits per heavy atom. The molecule has 0 aliphatic rings. The molecule has 268 valence electrons. The molecule has 2 nitrogen and oxygen atoms in total. The maximum absolute atomic E-state index is 2.38. The zero-order valence-electron chi connectivity index (χ0n) is 31.1. The topological polar surface area (TPSA) is 8.17 Å². The number of anilines is 3. The van der Waals surface area contributed by atoms with Gasteiger partial charge in [0.15, 0.2) is 0 Å². The van der Waals surface area contributed by atoms with Gasteiger partial charge in [0.2, 0.25) is 0 Å². The molecule has 2 heterocycles. The molecule has 9 aromatic carbocycles. The van der Waals surface area contributed by atoms with Crippen molar-refractivity contribution in [2.24, 2.45) is 0 Å². The second-order valence-electron chi connectivity index (χ2n) is 14.6. The van der Waals surface area contributed by atoms with Gasteiger partial charge >= 0.3 is 0 Å². The summed E-state index contributed by atoms with van der Waals surface area (Å²) in [6.07, 6.45) is 0. The second kappa shape index (κ2) is 13.8. The zero-order chi connectivity index (χ0) is 37.7. The largest absolute Gasteiger partial charge is 0.310 e. The van der Waals surface area contributed by atoms with Gasteiger partial charge in [-0.1, -0.05) is 146 Å². The van der Waals surface area contributed by atoms with Crippen molar-refractivity contribution in [3.05, 3.63) is 218 Å². The Labute approximate surface area is 335 Å². The highest BCUT2D eigenvalue weighted by molar-refractivity contribution is 7.25. The number of hydrogen-bond donors (Lipinski definition) is 0. The van der Waals surface area contributed by atoms with E-state index in [0.717, 1.165) is 22.7 Å². The lowest BCUT2D eigenvalue weighted by molar-refractivity contribution is 1.18. The summed E-state index contributed by atoms with van der Waals surface area (Å²) in [6.45, 7) is 0. The van der Waals surface area contributed by atoms with Crippen molar-refractivity contribution in [2.75, 3.05) is 4.90 Å². The van der Waals surface area contributed by atoms with Gasteiger partial charge in [0.1, 0.15) is 0 Å². The monoisotopic (exact) mass is 744 g/mol. The Kier molecular flexibility index (Phi) is 8.04. The summed E-state index contributed by atoms with van der Waals surface area (Å²) < 4.78 is 4.98. The van der Waals surface area contributed by atoms with Gasteiger partial charge in [0.05, 0.1) is 11.0 Å². The van der Waals surface area contributed by atoms with E-state index in [-0.39, 0.29) is 0 Å². The Morgan fingerprint density at radius 1 is 0.298 bits per heavy atom. The van der Waals surface area contributed by atoms with Crippen LogP contribution in [0.25, 0.3) is 81.0 Å². The van der Waals surface area contributed by atoms with E-state index >= 15 is 0 Å². The number of rotatable bonds is 7. The van der Waals surface area contributed by atoms with E-state index in [2.05, 4.69) is 228 Å². The van der Waals surface area contributed by atoms with Crippen LogP contribution >= 0.6 is 11.3 Å². The SMILES string of the molecule is c1ccc(-c2cccc(N(c3ccc(-c4ccc(-c5ccc(-n6c7ccccc7c7ccccc76)cc5)cc4)cc3)c3ccc4sc5ccccc5c4c3)c2)cc1. The van der Waals surface area contributed by atoms with Crippen LogP contribution in [-0.4, -0.2) is 4.57 Å². The van der Waals surface area contributed by atoms with Crippen LogP contribution in [0.1, 0.15) is 0 Å². The Morgan fingerprint density at radius 3 is 1.44 bits per heavy atom. The first-order chi connectivity index (χ1) is 28.2. The maximum atomic E-state index is 2.38. The molecule has 2 aromatic heterocycles. The first kappa shape index (κ1) is 33.2. The van der Waals surface area contributed by atoms with E-state index < -0.39 is 0 Å². The molecule has 11 aromatic rings. The molecule has 0 unspecified atom stereocenters. The summed E-state index contributed by atoms with van der Waals surface area (Å²) in [5.74, 6) is 0. The molecule has 0 saturated heterocycles. The van der Waals surface area contributed by atoms with Crippen molar-refractivity contribution in [3.63, 3.8) is 0 Å². The van der Waals surface area contributed by atoms with Crippen LogP contribution in [0.5, 0.6) is 0 Å². The molecule has 57 heavy (non-hydrogen) atoms. The van der Waals surface area contributed by atoms with Crippen molar-refractivity contribution in [3.8, 4) is 39.1 Å². The second-order valence-corrected chi connectivity index (χ2v) is 15.7.